The number of amides is 1. The number of carbonyl (C=O) groups is 1. The minimum Gasteiger partial charge on any atom is -0.394 e. The average Bonchev–Trinajstić information content (AvgIpc) is 3.32. The third-order valence-electron chi connectivity index (χ3n) is 11.9. The number of hydrogen-bond acceptors (Lipinski definition) is 3. The first-order valence-electron chi connectivity index (χ1n) is 27.7. The molecule has 0 spiro atoms. The van der Waals surface area contributed by atoms with Crippen molar-refractivity contribution < 1.29 is 15.0 Å². The van der Waals surface area contributed by atoms with Crippen LogP contribution in [0.3, 0.4) is 0 Å². The lowest BCUT2D eigenvalue weighted by Gasteiger charge is -2.19. The summed E-state index contributed by atoms with van der Waals surface area (Å²) < 4.78 is 0. The molecule has 0 aliphatic carbocycles. The Morgan fingerprint density at radius 1 is 0.379 bits per heavy atom. The molecule has 0 fully saturated rings. The smallest absolute Gasteiger partial charge is 0.220 e. The summed E-state index contributed by atoms with van der Waals surface area (Å²) in [6, 6.07) is -0.652. The van der Waals surface area contributed by atoms with Crippen LogP contribution < -0.4 is 5.32 Å². The lowest BCUT2D eigenvalue weighted by atomic mass is 10.0. The molecule has 2 atom stereocenters. The van der Waals surface area contributed by atoms with Crippen molar-refractivity contribution in [2.75, 3.05) is 6.61 Å². The highest BCUT2D eigenvalue weighted by molar-refractivity contribution is 5.76. The van der Waals surface area contributed by atoms with E-state index in [2.05, 4.69) is 129 Å². The van der Waals surface area contributed by atoms with Gasteiger partial charge in [-0.25, -0.2) is 0 Å². The van der Waals surface area contributed by atoms with Crippen molar-refractivity contribution in [2.24, 2.45) is 0 Å². The van der Waals surface area contributed by atoms with Crippen LogP contribution in [0.5, 0.6) is 0 Å². The van der Waals surface area contributed by atoms with Gasteiger partial charge in [-0.2, -0.15) is 0 Å². The number of hydrogen-bond donors (Lipinski definition) is 3. The van der Waals surface area contributed by atoms with Crippen molar-refractivity contribution in [3.05, 3.63) is 122 Å². The molecule has 4 nitrogen and oxygen atoms in total. The minimum absolute atomic E-state index is 0.0820. The number of aliphatic hydroxyl groups excluding tert-OH is 2. The highest BCUT2D eigenvalue weighted by Gasteiger charge is 2.17. The van der Waals surface area contributed by atoms with Gasteiger partial charge in [0.2, 0.25) is 5.91 Å². The zero-order valence-electron chi connectivity index (χ0n) is 43.2. The minimum atomic E-state index is -0.876. The van der Waals surface area contributed by atoms with Crippen LogP contribution in [0.2, 0.25) is 0 Å². The highest BCUT2D eigenvalue weighted by Crippen LogP contribution is 2.15. The fourth-order valence-corrected chi connectivity index (χ4v) is 7.72. The summed E-state index contributed by atoms with van der Waals surface area (Å²) in [4.78, 5) is 12.5. The van der Waals surface area contributed by atoms with Gasteiger partial charge in [0, 0.05) is 6.42 Å². The topological polar surface area (TPSA) is 69.6 Å². The molecule has 0 radical (unpaired) electrons. The zero-order valence-corrected chi connectivity index (χ0v) is 43.2. The number of nitrogens with one attached hydrogen (secondary N) is 1. The van der Waals surface area contributed by atoms with Gasteiger partial charge in [-0.3, -0.25) is 4.79 Å². The Balaban J connectivity index is 3.57. The fourth-order valence-electron chi connectivity index (χ4n) is 7.72. The van der Waals surface area contributed by atoms with Gasteiger partial charge in [-0.05, 0) is 103 Å². The first-order chi connectivity index (χ1) is 32.7. The van der Waals surface area contributed by atoms with Crippen LogP contribution in [0.15, 0.2) is 122 Å². The van der Waals surface area contributed by atoms with Gasteiger partial charge >= 0.3 is 0 Å². The van der Waals surface area contributed by atoms with E-state index in [0.29, 0.717) is 6.42 Å². The molecule has 0 aromatic carbocycles. The average molecular weight is 913 g/mol. The summed E-state index contributed by atoms with van der Waals surface area (Å²) >= 11 is 0. The van der Waals surface area contributed by atoms with Gasteiger partial charge in [-0.1, -0.05) is 257 Å². The molecule has 0 aliphatic heterocycles. The molecular weight excluding hydrogens is 807 g/mol. The van der Waals surface area contributed by atoms with Gasteiger partial charge in [0.05, 0.1) is 18.8 Å². The Labute approximate surface area is 409 Å². The molecule has 0 aromatic heterocycles. The van der Waals surface area contributed by atoms with Crippen molar-refractivity contribution >= 4 is 5.91 Å². The lowest BCUT2D eigenvalue weighted by molar-refractivity contribution is -0.123. The maximum absolute atomic E-state index is 12.5. The predicted octanol–water partition coefficient (Wildman–Crippen LogP) is 18.5. The summed E-state index contributed by atoms with van der Waals surface area (Å²) in [5.41, 5.74) is 0. The van der Waals surface area contributed by atoms with E-state index < -0.39 is 12.1 Å². The van der Waals surface area contributed by atoms with Crippen molar-refractivity contribution in [1.29, 1.82) is 0 Å². The van der Waals surface area contributed by atoms with E-state index in [1.807, 2.05) is 6.08 Å². The third kappa shape index (κ3) is 51.8. The number of unbranched alkanes of at least 4 members (excludes halogenated alkanes) is 24. The second-order valence-electron chi connectivity index (χ2n) is 18.2. The number of carbonyl (C=O) groups excluding carboxylic acids is 1. The molecular formula is C62H105NO3. The van der Waals surface area contributed by atoms with Crippen LogP contribution in [0.1, 0.15) is 245 Å². The largest absolute Gasteiger partial charge is 0.394 e. The molecule has 0 aromatic rings. The van der Waals surface area contributed by atoms with E-state index in [4.69, 9.17) is 0 Å². The molecule has 0 saturated heterocycles. The number of allylic oxidation sites excluding steroid dienone is 19. The summed E-state index contributed by atoms with van der Waals surface area (Å²) in [7, 11) is 0. The maximum Gasteiger partial charge on any atom is 0.220 e. The predicted molar refractivity (Wildman–Crippen MR) is 294 cm³/mol. The van der Waals surface area contributed by atoms with E-state index in [9.17, 15) is 15.0 Å². The van der Waals surface area contributed by atoms with Gasteiger partial charge in [0.25, 0.3) is 0 Å². The summed E-state index contributed by atoms with van der Waals surface area (Å²) in [5, 5.41) is 23.1. The first-order valence-corrected chi connectivity index (χ1v) is 27.7. The summed E-state index contributed by atoms with van der Waals surface area (Å²) in [6.07, 6.45) is 86.4. The van der Waals surface area contributed by atoms with Crippen LogP contribution >= 0.6 is 0 Å². The van der Waals surface area contributed by atoms with Crippen LogP contribution in [0.25, 0.3) is 0 Å². The monoisotopic (exact) mass is 912 g/mol. The van der Waals surface area contributed by atoms with Crippen molar-refractivity contribution in [3.63, 3.8) is 0 Å². The van der Waals surface area contributed by atoms with E-state index in [0.717, 1.165) is 83.5 Å². The molecule has 0 rings (SSSR count). The Kier molecular flexibility index (Phi) is 53.4. The SMILES string of the molecule is CC/C=C\C/C=C\C/C=C\C/C=C\C/C=C\C/C=C\C/C=C\CCCCCCCCCCCCCCCCCC(=O)NC(CO)C(O)/C=C/CC/C=C/CC/C=C/CCCCCCCCC. The van der Waals surface area contributed by atoms with Crippen LogP contribution in [-0.2, 0) is 4.79 Å². The molecule has 4 heteroatoms. The summed E-state index contributed by atoms with van der Waals surface area (Å²) in [5.74, 6) is -0.0820. The van der Waals surface area contributed by atoms with Crippen molar-refractivity contribution in [1.82, 2.24) is 5.32 Å². The molecule has 0 heterocycles. The van der Waals surface area contributed by atoms with E-state index >= 15 is 0 Å². The van der Waals surface area contributed by atoms with E-state index in [1.165, 1.54) is 141 Å². The Hall–Kier alpha value is -3.21. The van der Waals surface area contributed by atoms with Crippen LogP contribution in [0, 0.1) is 0 Å². The molecule has 2 unspecified atom stereocenters. The molecule has 376 valence electrons. The highest BCUT2D eigenvalue weighted by atomic mass is 16.3. The second-order valence-corrected chi connectivity index (χ2v) is 18.2. The molecule has 3 N–H and O–H groups in total. The molecule has 66 heavy (non-hydrogen) atoms. The van der Waals surface area contributed by atoms with Gasteiger partial charge in [0.1, 0.15) is 0 Å². The van der Waals surface area contributed by atoms with Crippen LogP contribution in [0.4, 0.5) is 0 Å². The maximum atomic E-state index is 12.5. The molecule has 0 aliphatic rings. The first kappa shape index (κ1) is 62.8. The molecule has 0 saturated carbocycles. The Morgan fingerprint density at radius 3 is 1.06 bits per heavy atom. The van der Waals surface area contributed by atoms with Gasteiger partial charge in [0.15, 0.2) is 0 Å². The van der Waals surface area contributed by atoms with E-state index in [-0.39, 0.29) is 12.5 Å². The van der Waals surface area contributed by atoms with Gasteiger partial charge < -0.3 is 15.5 Å². The standard InChI is InChI=1S/C62H105NO3/c1-3-5-7-9-11-13-15-17-19-21-22-23-24-25-26-27-28-29-30-31-32-33-34-35-36-37-38-39-40-42-44-46-48-50-52-54-56-58-62(66)63-60(59-64)61(65)57-55-53-51-49-47-45-43-41-20-18-16-14-12-10-8-6-4-2/h5,7,11,13,17,19-20,22-23,25-26,28-29,31-32,41,47,49,55,57,60-61,64-65H,3-4,6,8-10,12,14-16,18,21,24,27,30,33-40,42-46,48,50-54,56,58-59H2,1-2H3,(H,63,66)/b7-5-,13-11-,19-17-,23-22-,26-25-,29-28-,32-31-,41-20+,49-47+,57-55+. The zero-order chi connectivity index (χ0) is 47.7. The summed E-state index contributed by atoms with van der Waals surface area (Å²) in [6.45, 7) is 4.17. The van der Waals surface area contributed by atoms with Gasteiger partial charge in [-0.15, -0.1) is 0 Å². The Morgan fingerprint density at radius 2 is 0.682 bits per heavy atom. The number of aliphatic hydroxyl groups is 2. The van der Waals surface area contributed by atoms with Crippen molar-refractivity contribution in [3.8, 4) is 0 Å². The van der Waals surface area contributed by atoms with E-state index in [1.54, 1.807) is 6.08 Å². The quantitative estimate of drug-likeness (QED) is 0.0421. The fraction of sp³-hybridized carbons (Fsp3) is 0.661. The second kappa shape index (κ2) is 56.1. The van der Waals surface area contributed by atoms with Crippen molar-refractivity contribution in [2.45, 2.75) is 257 Å². The lowest BCUT2D eigenvalue weighted by Crippen LogP contribution is -2.45. The normalized spacial score (nSPS) is 13.8. The van der Waals surface area contributed by atoms with Crippen LogP contribution in [-0.4, -0.2) is 34.9 Å². The number of rotatable bonds is 49. The molecule has 1 amide bonds. The molecule has 0 bridgehead atoms. The Bertz CT molecular complexity index is 1310. The third-order valence-corrected chi connectivity index (χ3v) is 11.9.